The molecule has 0 fully saturated rings. The number of hydrogen-bond acceptors (Lipinski definition) is 5. The second-order valence-electron chi connectivity index (χ2n) is 4.66. The van der Waals surface area contributed by atoms with E-state index in [2.05, 4.69) is 23.0 Å². The van der Waals surface area contributed by atoms with Gasteiger partial charge in [-0.25, -0.2) is 4.98 Å². The van der Waals surface area contributed by atoms with E-state index in [0.717, 1.165) is 29.0 Å². The molecule has 0 aliphatic carbocycles. The van der Waals surface area contributed by atoms with Crippen LogP contribution in [0.1, 0.15) is 25.1 Å². The number of rotatable bonds is 5. The molecule has 0 aromatic carbocycles. The number of nitrogens with zero attached hydrogens (tertiary/aromatic N) is 3. The maximum absolute atomic E-state index is 9.37. The fraction of sp³-hybridized carbons (Fsp3) is 0.538. The summed E-state index contributed by atoms with van der Waals surface area (Å²) < 4.78 is 0. The number of thiophene rings is 1. The van der Waals surface area contributed by atoms with Crippen molar-refractivity contribution in [1.82, 2.24) is 9.97 Å². The number of hydrogen-bond donors (Lipinski definition) is 1. The quantitative estimate of drug-likeness (QED) is 0.862. The van der Waals surface area contributed by atoms with Crippen LogP contribution in [-0.2, 0) is 6.42 Å². The molecule has 0 saturated carbocycles. The maximum atomic E-state index is 9.37. The molecule has 0 radical (unpaired) electrons. The van der Waals surface area contributed by atoms with Crippen LogP contribution in [0.5, 0.6) is 0 Å². The van der Waals surface area contributed by atoms with E-state index in [-0.39, 0.29) is 11.4 Å². The molecule has 0 amide bonds. The van der Waals surface area contributed by atoms with Gasteiger partial charge in [0.05, 0.1) is 11.5 Å². The van der Waals surface area contributed by atoms with Crippen molar-refractivity contribution in [1.29, 1.82) is 0 Å². The first kappa shape index (κ1) is 14.5. The van der Waals surface area contributed by atoms with Gasteiger partial charge in [0.25, 0.3) is 0 Å². The first-order chi connectivity index (χ1) is 9.01. The van der Waals surface area contributed by atoms with Crippen molar-refractivity contribution in [3.05, 3.63) is 16.2 Å². The van der Waals surface area contributed by atoms with Crippen molar-refractivity contribution in [3.63, 3.8) is 0 Å². The summed E-state index contributed by atoms with van der Waals surface area (Å²) in [5.74, 6) is 0.839. The minimum atomic E-state index is -0.316. The predicted molar refractivity (Wildman–Crippen MR) is 81.4 cm³/mol. The number of fused-ring (bicyclic) bond motifs is 1. The molecule has 0 aliphatic rings. The molecule has 19 heavy (non-hydrogen) atoms. The van der Waals surface area contributed by atoms with Crippen LogP contribution >= 0.6 is 22.9 Å². The second-order valence-corrected chi connectivity index (χ2v) is 6.11. The Kier molecular flexibility index (Phi) is 4.60. The third kappa shape index (κ3) is 3.35. The van der Waals surface area contributed by atoms with Crippen LogP contribution < -0.4 is 4.90 Å². The zero-order chi connectivity index (χ0) is 14.0. The maximum Gasteiger partial charge on any atom is 0.225 e. The largest absolute Gasteiger partial charge is 0.393 e. The average molecular weight is 300 g/mol. The van der Waals surface area contributed by atoms with Gasteiger partial charge < -0.3 is 10.0 Å². The highest BCUT2D eigenvalue weighted by Gasteiger charge is 2.14. The molecule has 104 valence electrons. The Labute approximate surface area is 122 Å². The van der Waals surface area contributed by atoms with Gasteiger partial charge in [-0.2, -0.15) is 4.98 Å². The molecule has 0 saturated heterocycles. The standard InChI is InChI=1S/C13H18ClN3OS/c1-4-9-7-10-11(17(3)6-5-8(2)18)15-13(14)16-12(10)19-9/h7-8,18H,4-6H2,1-3H3. The SMILES string of the molecule is CCc1cc2c(N(C)CCC(C)O)nc(Cl)nc2s1. The molecule has 0 bridgehead atoms. The van der Waals surface area contributed by atoms with Gasteiger partial charge >= 0.3 is 0 Å². The van der Waals surface area contributed by atoms with Crippen molar-refractivity contribution in [2.45, 2.75) is 32.8 Å². The molecule has 6 heteroatoms. The third-order valence-corrected chi connectivity index (χ3v) is 4.33. The van der Waals surface area contributed by atoms with Crippen molar-refractivity contribution in [3.8, 4) is 0 Å². The fourth-order valence-corrected chi connectivity index (χ4v) is 3.06. The smallest absolute Gasteiger partial charge is 0.225 e. The normalized spacial score (nSPS) is 12.9. The molecule has 0 aliphatic heterocycles. The van der Waals surface area contributed by atoms with Gasteiger partial charge in [0.1, 0.15) is 10.6 Å². The van der Waals surface area contributed by atoms with E-state index >= 15 is 0 Å². The van der Waals surface area contributed by atoms with E-state index in [1.807, 2.05) is 11.9 Å². The summed E-state index contributed by atoms with van der Waals surface area (Å²) >= 11 is 7.65. The molecular weight excluding hydrogens is 282 g/mol. The Morgan fingerprint density at radius 1 is 1.47 bits per heavy atom. The lowest BCUT2D eigenvalue weighted by Gasteiger charge is -2.19. The molecule has 4 nitrogen and oxygen atoms in total. The Bertz CT molecular complexity index is 570. The summed E-state index contributed by atoms with van der Waals surface area (Å²) in [5, 5.41) is 10.7. The van der Waals surface area contributed by atoms with Crippen LogP contribution in [0.2, 0.25) is 5.28 Å². The van der Waals surface area contributed by atoms with Gasteiger partial charge in [-0.05, 0) is 37.4 Å². The summed E-state index contributed by atoms with van der Waals surface area (Å²) in [6.45, 7) is 4.64. The van der Waals surface area contributed by atoms with Crippen molar-refractivity contribution in [2.24, 2.45) is 0 Å². The Balaban J connectivity index is 2.37. The number of halogens is 1. The van der Waals surface area contributed by atoms with Crippen molar-refractivity contribution < 1.29 is 5.11 Å². The van der Waals surface area contributed by atoms with Crippen LogP contribution in [0.4, 0.5) is 5.82 Å². The number of aliphatic hydroxyl groups is 1. The van der Waals surface area contributed by atoms with Crippen LogP contribution in [0.3, 0.4) is 0 Å². The van der Waals surface area contributed by atoms with Gasteiger partial charge in [-0.3, -0.25) is 0 Å². The van der Waals surface area contributed by atoms with Gasteiger partial charge in [0.2, 0.25) is 5.28 Å². The first-order valence-corrected chi connectivity index (χ1v) is 7.55. The van der Waals surface area contributed by atoms with Crippen LogP contribution in [0.15, 0.2) is 6.07 Å². The lowest BCUT2D eigenvalue weighted by molar-refractivity contribution is 0.187. The summed E-state index contributed by atoms with van der Waals surface area (Å²) in [6, 6.07) is 2.13. The van der Waals surface area contributed by atoms with E-state index < -0.39 is 0 Å². The van der Waals surface area contributed by atoms with Crippen molar-refractivity contribution in [2.75, 3.05) is 18.5 Å². The highest BCUT2D eigenvalue weighted by molar-refractivity contribution is 7.18. The first-order valence-electron chi connectivity index (χ1n) is 6.36. The molecule has 0 spiro atoms. The molecule has 2 rings (SSSR count). The van der Waals surface area contributed by atoms with Gasteiger partial charge in [-0.1, -0.05) is 6.92 Å². The molecule has 2 aromatic rings. The number of aryl methyl sites for hydroxylation is 1. The van der Waals surface area contributed by atoms with Crippen LogP contribution in [0, 0.1) is 0 Å². The Hall–Kier alpha value is -0.910. The zero-order valence-corrected chi connectivity index (χ0v) is 12.9. The highest BCUT2D eigenvalue weighted by atomic mass is 35.5. The summed E-state index contributed by atoms with van der Waals surface area (Å²) in [6.07, 6.45) is 1.36. The summed E-state index contributed by atoms with van der Waals surface area (Å²) in [7, 11) is 1.96. The van der Waals surface area contributed by atoms with E-state index in [4.69, 9.17) is 11.6 Å². The molecule has 2 aromatic heterocycles. The highest BCUT2D eigenvalue weighted by Crippen LogP contribution is 2.31. The lowest BCUT2D eigenvalue weighted by atomic mass is 10.2. The second kappa shape index (κ2) is 6.03. The molecule has 1 atom stereocenters. The molecule has 2 heterocycles. The number of aliphatic hydroxyl groups excluding tert-OH is 1. The molecule has 1 unspecified atom stereocenters. The molecular formula is C13H18ClN3OS. The molecule has 1 N–H and O–H groups in total. The minimum absolute atomic E-state index is 0.274. The summed E-state index contributed by atoms with van der Waals surface area (Å²) in [4.78, 5) is 12.8. The lowest BCUT2D eigenvalue weighted by Crippen LogP contribution is -2.23. The van der Waals surface area contributed by atoms with E-state index in [9.17, 15) is 5.11 Å². The average Bonchev–Trinajstić information content (AvgIpc) is 2.77. The predicted octanol–water partition coefficient (Wildman–Crippen LogP) is 3.11. The van der Waals surface area contributed by atoms with Crippen LogP contribution in [0.25, 0.3) is 10.2 Å². The van der Waals surface area contributed by atoms with Gasteiger partial charge in [0.15, 0.2) is 0 Å². The minimum Gasteiger partial charge on any atom is -0.393 e. The number of aromatic nitrogens is 2. The van der Waals surface area contributed by atoms with E-state index in [1.54, 1.807) is 18.3 Å². The van der Waals surface area contributed by atoms with Crippen LogP contribution in [-0.4, -0.2) is 34.8 Å². The fourth-order valence-electron chi connectivity index (χ4n) is 1.88. The Morgan fingerprint density at radius 2 is 2.21 bits per heavy atom. The third-order valence-electron chi connectivity index (χ3n) is 2.99. The van der Waals surface area contributed by atoms with E-state index in [0.29, 0.717) is 6.42 Å². The topological polar surface area (TPSA) is 49.2 Å². The van der Waals surface area contributed by atoms with Gasteiger partial charge in [0, 0.05) is 18.5 Å². The Morgan fingerprint density at radius 3 is 2.84 bits per heavy atom. The van der Waals surface area contributed by atoms with E-state index in [1.165, 1.54) is 4.88 Å². The summed E-state index contributed by atoms with van der Waals surface area (Å²) in [5.41, 5.74) is 0. The van der Waals surface area contributed by atoms with Crippen molar-refractivity contribution >= 4 is 39.0 Å². The zero-order valence-electron chi connectivity index (χ0n) is 11.4. The van der Waals surface area contributed by atoms with Gasteiger partial charge in [-0.15, -0.1) is 11.3 Å². The number of anilines is 1. The monoisotopic (exact) mass is 299 g/mol.